The number of rotatable bonds is 4. The first kappa shape index (κ1) is 11.9. The molecule has 0 saturated carbocycles. The number of hydrogen-bond acceptors (Lipinski definition) is 2. The molecule has 0 fully saturated rings. The van der Waals surface area contributed by atoms with Crippen molar-refractivity contribution in [2.45, 2.75) is 26.3 Å². The van der Waals surface area contributed by atoms with E-state index in [1.165, 1.54) is 9.13 Å². The Bertz CT molecular complexity index is 271. The minimum absolute atomic E-state index is 0.261. The number of nitrogens with one attached hydrogen (secondary N) is 1. The van der Waals surface area contributed by atoms with Crippen LogP contribution in [0, 0.1) is 9.49 Å². The zero-order valence-corrected chi connectivity index (χ0v) is 10.8. The normalized spacial score (nSPS) is 15.1. The van der Waals surface area contributed by atoms with Crippen molar-refractivity contribution >= 4 is 22.6 Å². The van der Waals surface area contributed by atoms with Crippen LogP contribution in [0.25, 0.3) is 0 Å². The molecule has 0 bridgehead atoms. The Kier molecular flexibility index (Phi) is 4.84. The van der Waals surface area contributed by atoms with Crippen LogP contribution >= 0.6 is 22.6 Å². The first-order valence-electron chi connectivity index (χ1n) is 4.90. The van der Waals surface area contributed by atoms with Crippen LogP contribution in [0.1, 0.15) is 31.9 Å². The molecule has 0 aromatic heterocycles. The third-order valence-electron chi connectivity index (χ3n) is 2.62. The maximum absolute atomic E-state index is 5.57. The van der Waals surface area contributed by atoms with E-state index in [9.17, 15) is 0 Å². The van der Waals surface area contributed by atoms with E-state index in [0.717, 1.165) is 6.42 Å². The molecule has 78 valence electrons. The summed E-state index contributed by atoms with van der Waals surface area (Å²) in [4.78, 5) is 0. The van der Waals surface area contributed by atoms with E-state index in [1.807, 2.05) is 0 Å². The molecule has 2 atom stereocenters. The highest BCUT2D eigenvalue weighted by atomic mass is 127. The number of nitrogens with two attached hydrogens (primary N) is 1. The van der Waals surface area contributed by atoms with Crippen molar-refractivity contribution in [3.8, 4) is 0 Å². The predicted molar refractivity (Wildman–Crippen MR) is 68.7 cm³/mol. The average Bonchev–Trinajstić information content (AvgIpc) is 2.21. The molecule has 0 saturated heterocycles. The van der Waals surface area contributed by atoms with Crippen molar-refractivity contribution in [3.63, 3.8) is 0 Å². The molecule has 0 radical (unpaired) electrons. The van der Waals surface area contributed by atoms with E-state index >= 15 is 0 Å². The molecule has 0 spiro atoms. The van der Waals surface area contributed by atoms with Gasteiger partial charge in [-0.2, -0.15) is 0 Å². The van der Waals surface area contributed by atoms with Gasteiger partial charge in [-0.3, -0.25) is 11.3 Å². The van der Waals surface area contributed by atoms with Gasteiger partial charge in [0.25, 0.3) is 0 Å². The van der Waals surface area contributed by atoms with Crippen molar-refractivity contribution in [3.05, 3.63) is 33.4 Å². The van der Waals surface area contributed by atoms with Crippen molar-refractivity contribution < 1.29 is 0 Å². The highest BCUT2D eigenvalue weighted by molar-refractivity contribution is 14.1. The molecule has 2 unspecified atom stereocenters. The molecule has 14 heavy (non-hydrogen) atoms. The summed E-state index contributed by atoms with van der Waals surface area (Å²) in [6.07, 6.45) is 1.13. The van der Waals surface area contributed by atoms with Crippen LogP contribution in [-0.4, -0.2) is 0 Å². The van der Waals surface area contributed by atoms with Gasteiger partial charge in [-0.05, 0) is 46.2 Å². The van der Waals surface area contributed by atoms with Gasteiger partial charge in [-0.15, -0.1) is 0 Å². The van der Waals surface area contributed by atoms with Gasteiger partial charge >= 0.3 is 0 Å². The Morgan fingerprint density at radius 3 is 2.36 bits per heavy atom. The van der Waals surface area contributed by atoms with Crippen molar-refractivity contribution in [1.82, 2.24) is 5.43 Å². The lowest BCUT2D eigenvalue weighted by Crippen LogP contribution is -2.32. The number of hydrazine groups is 1. The van der Waals surface area contributed by atoms with Gasteiger partial charge in [-0.1, -0.05) is 32.4 Å². The minimum atomic E-state index is 0.261. The largest absolute Gasteiger partial charge is 0.271 e. The maximum atomic E-state index is 5.57. The molecular formula is C11H17IN2. The van der Waals surface area contributed by atoms with E-state index < -0.39 is 0 Å². The van der Waals surface area contributed by atoms with Crippen LogP contribution in [-0.2, 0) is 0 Å². The monoisotopic (exact) mass is 304 g/mol. The lowest BCUT2D eigenvalue weighted by atomic mass is 9.93. The second kappa shape index (κ2) is 5.68. The number of benzene rings is 1. The third kappa shape index (κ3) is 2.93. The van der Waals surface area contributed by atoms with Gasteiger partial charge in [0.05, 0.1) is 0 Å². The van der Waals surface area contributed by atoms with Crippen LogP contribution in [0.5, 0.6) is 0 Å². The zero-order chi connectivity index (χ0) is 10.6. The first-order valence-corrected chi connectivity index (χ1v) is 5.98. The summed E-state index contributed by atoms with van der Waals surface area (Å²) >= 11 is 2.31. The van der Waals surface area contributed by atoms with Gasteiger partial charge in [0.15, 0.2) is 0 Å². The standard InChI is InChI=1S/C11H17IN2/c1-3-8(2)11(14-13)9-4-6-10(12)7-5-9/h4-8,11,14H,3,13H2,1-2H3. The molecule has 1 aromatic carbocycles. The Balaban J connectivity index is 2.84. The molecule has 0 aliphatic carbocycles. The molecule has 1 aromatic rings. The smallest absolute Gasteiger partial charge is 0.0485 e. The van der Waals surface area contributed by atoms with Crippen LogP contribution in [0.2, 0.25) is 0 Å². The van der Waals surface area contributed by atoms with Crippen molar-refractivity contribution in [2.75, 3.05) is 0 Å². The average molecular weight is 304 g/mol. The highest BCUT2D eigenvalue weighted by Crippen LogP contribution is 2.23. The third-order valence-corrected chi connectivity index (χ3v) is 3.34. The number of hydrogen-bond donors (Lipinski definition) is 2. The molecule has 0 aliphatic heterocycles. The van der Waals surface area contributed by atoms with Crippen LogP contribution < -0.4 is 11.3 Å². The lowest BCUT2D eigenvalue weighted by Gasteiger charge is -2.22. The van der Waals surface area contributed by atoms with Crippen LogP contribution in [0.4, 0.5) is 0 Å². The Morgan fingerprint density at radius 1 is 1.36 bits per heavy atom. The Hall–Kier alpha value is -0.130. The van der Waals surface area contributed by atoms with Crippen molar-refractivity contribution in [2.24, 2.45) is 11.8 Å². The summed E-state index contributed by atoms with van der Waals surface area (Å²) in [5.74, 6) is 6.12. The highest BCUT2D eigenvalue weighted by Gasteiger charge is 2.15. The lowest BCUT2D eigenvalue weighted by molar-refractivity contribution is 0.383. The van der Waals surface area contributed by atoms with E-state index in [0.29, 0.717) is 5.92 Å². The van der Waals surface area contributed by atoms with Gasteiger partial charge in [-0.25, -0.2) is 0 Å². The first-order chi connectivity index (χ1) is 6.69. The maximum Gasteiger partial charge on any atom is 0.0485 e. The summed E-state index contributed by atoms with van der Waals surface area (Å²) in [6, 6.07) is 8.76. The minimum Gasteiger partial charge on any atom is -0.271 e. The molecule has 0 amide bonds. The molecule has 3 N–H and O–H groups in total. The van der Waals surface area contributed by atoms with Crippen molar-refractivity contribution in [1.29, 1.82) is 0 Å². The second-order valence-electron chi connectivity index (χ2n) is 3.58. The molecule has 0 heterocycles. The SMILES string of the molecule is CCC(C)C(NN)c1ccc(I)cc1. The molecule has 1 rings (SSSR count). The van der Waals surface area contributed by atoms with Crippen LogP contribution in [0.3, 0.4) is 0 Å². The fourth-order valence-corrected chi connectivity index (χ4v) is 1.85. The summed E-state index contributed by atoms with van der Waals surface area (Å²) in [6.45, 7) is 4.39. The molecular weight excluding hydrogens is 287 g/mol. The quantitative estimate of drug-likeness (QED) is 0.510. The molecule has 0 aliphatic rings. The fourth-order valence-electron chi connectivity index (χ4n) is 1.49. The van der Waals surface area contributed by atoms with E-state index in [4.69, 9.17) is 5.84 Å². The van der Waals surface area contributed by atoms with E-state index in [1.54, 1.807) is 0 Å². The fraction of sp³-hybridized carbons (Fsp3) is 0.455. The van der Waals surface area contributed by atoms with E-state index in [2.05, 4.69) is 66.1 Å². The van der Waals surface area contributed by atoms with Gasteiger partial charge < -0.3 is 0 Å². The van der Waals surface area contributed by atoms with Gasteiger partial charge in [0.2, 0.25) is 0 Å². The van der Waals surface area contributed by atoms with Gasteiger partial charge in [0, 0.05) is 9.61 Å². The predicted octanol–water partition coefficient (Wildman–Crippen LogP) is 2.84. The zero-order valence-electron chi connectivity index (χ0n) is 8.63. The summed E-state index contributed by atoms with van der Waals surface area (Å²) in [5.41, 5.74) is 4.15. The number of halogens is 1. The summed E-state index contributed by atoms with van der Waals surface area (Å²) < 4.78 is 1.26. The second-order valence-corrected chi connectivity index (χ2v) is 4.83. The topological polar surface area (TPSA) is 38.0 Å². The molecule has 3 heteroatoms. The summed E-state index contributed by atoms with van der Waals surface area (Å²) in [5, 5.41) is 0. The van der Waals surface area contributed by atoms with E-state index in [-0.39, 0.29) is 6.04 Å². The molecule has 2 nitrogen and oxygen atoms in total. The Labute approximate surface area is 99.4 Å². The Morgan fingerprint density at radius 2 is 1.93 bits per heavy atom. The van der Waals surface area contributed by atoms with Crippen LogP contribution in [0.15, 0.2) is 24.3 Å². The van der Waals surface area contributed by atoms with Gasteiger partial charge in [0.1, 0.15) is 0 Å². The summed E-state index contributed by atoms with van der Waals surface area (Å²) in [7, 11) is 0.